The van der Waals surface area contributed by atoms with Gasteiger partial charge in [-0.1, -0.05) is 15.9 Å². The fraction of sp³-hybridized carbons (Fsp3) is 0.538. The van der Waals surface area contributed by atoms with E-state index in [2.05, 4.69) is 15.9 Å². The number of rotatable bonds is 4. The summed E-state index contributed by atoms with van der Waals surface area (Å²) in [6.07, 6.45) is 1.66. The molecule has 0 unspecified atom stereocenters. The molecule has 17 heavy (non-hydrogen) atoms. The molecule has 0 bridgehead atoms. The molecule has 0 N–H and O–H groups in total. The van der Waals surface area contributed by atoms with Crippen molar-refractivity contribution in [3.05, 3.63) is 28.2 Å². The van der Waals surface area contributed by atoms with Gasteiger partial charge in [-0.3, -0.25) is 0 Å². The monoisotopic (exact) mass is 300 g/mol. The van der Waals surface area contributed by atoms with E-state index in [1.54, 1.807) is 0 Å². The summed E-state index contributed by atoms with van der Waals surface area (Å²) in [6.45, 7) is 4.24. The molecule has 1 heterocycles. The number of hydrogen-bond donors (Lipinski definition) is 0. The molecule has 4 heteroatoms. The second-order valence-corrected chi connectivity index (χ2v) is 4.99. The summed E-state index contributed by atoms with van der Waals surface area (Å²) >= 11 is 3.43. The zero-order chi connectivity index (χ0) is 12.1. The van der Waals surface area contributed by atoms with Gasteiger partial charge in [0.15, 0.2) is 6.29 Å². The van der Waals surface area contributed by atoms with Crippen LogP contribution in [0.3, 0.4) is 0 Å². The molecule has 94 valence electrons. The van der Waals surface area contributed by atoms with Gasteiger partial charge < -0.3 is 14.2 Å². The van der Waals surface area contributed by atoms with E-state index in [1.807, 2.05) is 25.1 Å². The van der Waals surface area contributed by atoms with Crippen molar-refractivity contribution in [1.82, 2.24) is 0 Å². The molecule has 0 atom stereocenters. The van der Waals surface area contributed by atoms with Crippen LogP contribution in [0.1, 0.15) is 18.4 Å². The molecule has 0 spiro atoms. The van der Waals surface area contributed by atoms with Gasteiger partial charge in [-0.2, -0.15) is 0 Å². The van der Waals surface area contributed by atoms with Crippen molar-refractivity contribution in [3.8, 4) is 5.75 Å². The Hall–Kier alpha value is -0.580. The first kappa shape index (κ1) is 12.9. The molecule has 1 fully saturated rings. The van der Waals surface area contributed by atoms with Crippen LogP contribution < -0.4 is 4.74 Å². The van der Waals surface area contributed by atoms with Crippen LogP contribution in [0, 0.1) is 6.92 Å². The van der Waals surface area contributed by atoms with Crippen LogP contribution in [0.15, 0.2) is 22.7 Å². The molecular weight excluding hydrogens is 284 g/mol. The van der Waals surface area contributed by atoms with Crippen LogP contribution in [0.25, 0.3) is 0 Å². The molecule has 0 aromatic heterocycles. The van der Waals surface area contributed by atoms with Gasteiger partial charge in [-0.25, -0.2) is 0 Å². The zero-order valence-corrected chi connectivity index (χ0v) is 11.5. The molecule has 1 aliphatic rings. The van der Waals surface area contributed by atoms with Crippen LogP contribution in [-0.4, -0.2) is 26.1 Å². The molecule has 1 saturated heterocycles. The Morgan fingerprint density at radius 3 is 2.82 bits per heavy atom. The Kier molecular flexibility index (Phi) is 4.83. The molecule has 0 saturated carbocycles. The highest BCUT2D eigenvalue weighted by Crippen LogP contribution is 2.22. The van der Waals surface area contributed by atoms with Gasteiger partial charge in [0.2, 0.25) is 0 Å². The van der Waals surface area contributed by atoms with Gasteiger partial charge in [0.05, 0.1) is 19.8 Å². The van der Waals surface area contributed by atoms with Crippen molar-refractivity contribution >= 4 is 15.9 Å². The summed E-state index contributed by atoms with van der Waals surface area (Å²) in [7, 11) is 0. The van der Waals surface area contributed by atoms with E-state index < -0.39 is 0 Å². The van der Waals surface area contributed by atoms with E-state index in [4.69, 9.17) is 14.2 Å². The molecule has 1 aliphatic heterocycles. The highest BCUT2D eigenvalue weighted by molar-refractivity contribution is 9.10. The molecule has 0 aliphatic carbocycles. The van der Waals surface area contributed by atoms with Gasteiger partial charge in [0.1, 0.15) is 5.75 Å². The van der Waals surface area contributed by atoms with Gasteiger partial charge in [-0.15, -0.1) is 0 Å². The largest absolute Gasteiger partial charge is 0.493 e. The zero-order valence-electron chi connectivity index (χ0n) is 9.95. The third kappa shape index (κ3) is 3.98. The minimum Gasteiger partial charge on any atom is -0.493 e. The quantitative estimate of drug-likeness (QED) is 0.854. The highest BCUT2D eigenvalue weighted by atomic mass is 79.9. The number of aryl methyl sites for hydroxylation is 1. The van der Waals surface area contributed by atoms with Crippen molar-refractivity contribution in [3.63, 3.8) is 0 Å². The maximum absolute atomic E-state index is 5.71. The van der Waals surface area contributed by atoms with Crippen LogP contribution in [0.5, 0.6) is 5.75 Å². The Morgan fingerprint density at radius 2 is 2.12 bits per heavy atom. The Morgan fingerprint density at radius 1 is 1.35 bits per heavy atom. The van der Waals surface area contributed by atoms with E-state index in [0.29, 0.717) is 6.61 Å². The molecule has 1 aromatic rings. The topological polar surface area (TPSA) is 27.7 Å². The molecule has 0 amide bonds. The van der Waals surface area contributed by atoms with Gasteiger partial charge >= 0.3 is 0 Å². The lowest BCUT2D eigenvalue weighted by molar-refractivity contribution is -0.183. The fourth-order valence-electron chi connectivity index (χ4n) is 1.74. The average Bonchev–Trinajstić information content (AvgIpc) is 2.33. The Balaban J connectivity index is 1.77. The maximum Gasteiger partial charge on any atom is 0.160 e. The van der Waals surface area contributed by atoms with E-state index >= 15 is 0 Å². The molecule has 0 radical (unpaired) electrons. The normalized spacial score (nSPS) is 17.1. The van der Waals surface area contributed by atoms with Crippen molar-refractivity contribution in [1.29, 1.82) is 0 Å². The molecular formula is C13H17BrO3. The van der Waals surface area contributed by atoms with Crippen molar-refractivity contribution < 1.29 is 14.2 Å². The van der Waals surface area contributed by atoms with Crippen LogP contribution in [0.4, 0.5) is 0 Å². The molecule has 1 aromatic carbocycles. The third-order valence-electron chi connectivity index (χ3n) is 2.64. The van der Waals surface area contributed by atoms with Crippen LogP contribution in [-0.2, 0) is 9.47 Å². The predicted molar refractivity (Wildman–Crippen MR) is 69.3 cm³/mol. The average molecular weight is 301 g/mol. The fourth-order valence-corrected chi connectivity index (χ4v) is 2.22. The van der Waals surface area contributed by atoms with E-state index in [1.165, 1.54) is 0 Å². The first-order valence-electron chi connectivity index (χ1n) is 5.88. The van der Waals surface area contributed by atoms with Crippen molar-refractivity contribution in [2.75, 3.05) is 19.8 Å². The lowest BCUT2D eigenvalue weighted by Crippen LogP contribution is -2.26. The van der Waals surface area contributed by atoms with E-state index in [-0.39, 0.29) is 6.29 Å². The maximum atomic E-state index is 5.71. The summed E-state index contributed by atoms with van der Waals surface area (Å²) in [6, 6.07) is 6.00. The summed E-state index contributed by atoms with van der Waals surface area (Å²) in [4.78, 5) is 0. The minimum absolute atomic E-state index is 0.0977. The number of ether oxygens (including phenoxy) is 3. The van der Waals surface area contributed by atoms with Crippen LogP contribution in [0.2, 0.25) is 0 Å². The van der Waals surface area contributed by atoms with Gasteiger partial charge in [0, 0.05) is 10.9 Å². The lowest BCUT2D eigenvalue weighted by atomic mass is 10.2. The van der Waals surface area contributed by atoms with Crippen molar-refractivity contribution in [2.24, 2.45) is 0 Å². The number of halogens is 1. The predicted octanol–water partition coefficient (Wildman–Crippen LogP) is 3.29. The number of hydrogen-bond acceptors (Lipinski definition) is 3. The number of benzene rings is 1. The van der Waals surface area contributed by atoms with Gasteiger partial charge in [0.25, 0.3) is 0 Å². The summed E-state index contributed by atoms with van der Waals surface area (Å²) in [5.41, 5.74) is 1.13. The molecule has 3 nitrogen and oxygen atoms in total. The Labute approximate surface area is 110 Å². The second-order valence-electron chi connectivity index (χ2n) is 4.07. The lowest BCUT2D eigenvalue weighted by Gasteiger charge is -2.23. The third-order valence-corrected chi connectivity index (χ3v) is 3.14. The standard InChI is InChI=1S/C13H17BrO3/c1-10-9-11(14)3-4-12(10)15-8-5-13-16-6-2-7-17-13/h3-4,9,13H,2,5-8H2,1H3. The minimum atomic E-state index is -0.0977. The molecule has 2 rings (SSSR count). The summed E-state index contributed by atoms with van der Waals surface area (Å²) in [5.74, 6) is 0.920. The smallest absolute Gasteiger partial charge is 0.160 e. The first-order chi connectivity index (χ1) is 8.25. The SMILES string of the molecule is Cc1cc(Br)ccc1OCCC1OCCCO1. The van der Waals surface area contributed by atoms with Gasteiger partial charge in [-0.05, 0) is 37.1 Å². The first-order valence-corrected chi connectivity index (χ1v) is 6.67. The summed E-state index contributed by atoms with van der Waals surface area (Å²) < 4.78 is 17.7. The highest BCUT2D eigenvalue weighted by Gasteiger charge is 2.14. The van der Waals surface area contributed by atoms with Crippen molar-refractivity contribution in [2.45, 2.75) is 26.1 Å². The second kappa shape index (κ2) is 6.38. The summed E-state index contributed by atoms with van der Waals surface area (Å²) in [5, 5.41) is 0. The Bertz CT molecular complexity index is 362. The van der Waals surface area contributed by atoms with E-state index in [9.17, 15) is 0 Å². The van der Waals surface area contributed by atoms with E-state index in [0.717, 1.165) is 41.8 Å². The van der Waals surface area contributed by atoms with Crippen LogP contribution >= 0.6 is 15.9 Å².